The number of rotatable bonds is 8. The fraction of sp³-hybridized carbons (Fsp3) is 0.316. The second-order valence-corrected chi connectivity index (χ2v) is 6.00. The molecular formula is C19H22N2O4. The second kappa shape index (κ2) is 7.44. The molecule has 25 heavy (non-hydrogen) atoms. The van der Waals surface area contributed by atoms with Crippen molar-refractivity contribution in [2.75, 3.05) is 19.9 Å². The van der Waals surface area contributed by atoms with E-state index in [1.54, 1.807) is 6.92 Å². The summed E-state index contributed by atoms with van der Waals surface area (Å²) in [5.41, 5.74) is 5.55. The fourth-order valence-corrected chi connectivity index (χ4v) is 2.67. The molecule has 1 amide bonds. The Morgan fingerprint density at radius 3 is 2.72 bits per heavy atom. The van der Waals surface area contributed by atoms with Crippen LogP contribution in [0.3, 0.4) is 0 Å². The van der Waals surface area contributed by atoms with E-state index >= 15 is 0 Å². The molecule has 6 heteroatoms. The zero-order chi connectivity index (χ0) is 17.7. The van der Waals surface area contributed by atoms with Gasteiger partial charge in [-0.2, -0.15) is 0 Å². The minimum Gasteiger partial charge on any atom is -0.493 e. The highest BCUT2D eigenvalue weighted by molar-refractivity contribution is 5.85. The molecule has 1 aliphatic heterocycles. The van der Waals surface area contributed by atoms with E-state index in [2.05, 4.69) is 5.32 Å². The van der Waals surface area contributed by atoms with E-state index in [9.17, 15) is 4.79 Å². The minimum absolute atomic E-state index is 0.244. The monoisotopic (exact) mass is 342 g/mol. The van der Waals surface area contributed by atoms with Crippen LogP contribution in [0.4, 0.5) is 0 Å². The standard InChI is InChI=1S/C19H22N2O4/c1-19(18(20)22,14-6-3-2-4-7-14)21-10-5-11-23-15-8-9-16-17(12-15)25-13-24-16/h2-4,6-9,12,21H,5,10-11,13H2,1H3,(H2,20,22)/t19-/m1/s1. The summed E-state index contributed by atoms with van der Waals surface area (Å²) in [6, 6.07) is 15.0. The van der Waals surface area contributed by atoms with E-state index < -0.39 is 11.4 Å². The molecule has 0 saturated carbocycles. The number of carbonyl (C=O) groups excluding carboxylic acids is 1. The maximum Gasteiger partial charge on any atom is 0.242 e. The van der Waals surface area contributed by atoms with Gasteiger partial charge in [0.2, 0.25) is 12.7 Å². The van der Waals surface area contributed by atoms with E-state index in [-0.39, 0.29) is 6.79 Å². The van der Waals surface area contributed by atoms with Crippen molar-refractivity contribution in [1.82, 2.24) is 5.32 Å². The van der Waals surface area contributed by atoms with Crippen molar-refractivity contribution in [3.05, 3.63) is 54.1 Å². The smallest absolute Gasteiger partial charge is 0.242 e. The lowest BCUT2D eigenvalue weighted by atomic mass is 9.91. The maximum atomic E-state index is 11.9. The van der Waals surface area contributed by atoms with Crippen LogP contribution in [0.15, 0.2) is 48.5 Å². The molecule has 6 nitrogen and oxygen atoms in total. The van der Waals surface area contributed by atoms with Crippen molar-refractivity contribution in [2.45, 2.75) is 18.9 Å². The summed E-state index contributed by atoms with van der Waals surface area (Å²) in [6.45, 7) is 3.15. The number of primary amides is 1. The third-order valence-corrected chi connectivity index (χ3v) is 4.26. The first kappa shape index (κ1) is 17.1. The largest absolute Gasteiger partial charge is 0.493 e. The molecule has 0 unspecified atom stereocenters. The third kappa shape index (κ3) is 3.85. The molecule has 0 spiro atoms. The number of carbonyl (C=O) groups is 1. The van der Waals surface area contributed by atoms with Gasteiger partial charge < -0.3 is 19.9 Å². The highest BCUT2D eigenvalue weighted by atomic mass is 16.7. The van der Waals surface area contributed by atoms with Crippen LogP contribution >= 0.6 is 0 Å². The zero-order valence-corrected chi connectivity index (χ0v) is 14.2. The molecule has 0 aromatic heterocycles. The van der Waals surface area contributed by atoms with Crippen molar-refractivity contribution in [1.29, 1.82) is 0 Å². The molecule has 2 aromatic rings. The summed E-state index contributed by atoms with van der Waals surface area (Å²) in [5.74, 6) is 1.75. The van der Waals surface area contributed by atoms with Gasteiger partial charge in [-0.15, -0.1) is 0 Å². The Balaban J connectivity index is 1.49. The van der Waals surface area contributed by atoms with E-state index in [4.69, 9.17) is 19.9 Å². The Hall–Kier alpha value is -2.73. The van der Waals surface area contributed by atoms with Crippen molar-refractivity contribution < 1.29 is 19.0 Å². The summed E-state index contributed by atoms with van der Waals surface area (Å²) in [6.07, 6.45) is 0.726. The Morgan fingerprint density at radius 2 is 1.96 bits per heavy atom. The lowest BCUT2D eigenvalue weighted by Crippen LogP contribution is -2.50. The molecule has 132 valence electrons. The number of nitrogens with one attached hydrogen (secondary N) is 1. The lowest BCUT2D eigenvalue weighted by molar-refractivity contribution is -0.124. The van der Waals surface area contributed by atoms with Crippen LogP contribution in [0.5, 0.6) is 17.2 Å². The van der Waals surface area contributed by atoms with Gasteiger partial charge in [-0.1, -0.05) is 30.3 Å². The van der Waals surface area contributed by atoms with Gasteiger partial charge in [0.1, 0.15) is 11.3 Å². The molecule has 3 rings (SSSR count). The Bertz CT molecular complexity index is 735. The molecule has 1 atom stereocenters. The van der Waals surface area contributed by atoms with Gasteiger partial charge in [-0.25, -0.2) is 0 Å². The van der Waals surface area contributed by atoms with Crippen LogP contribution in [0, 0.1) is 0 Å². The average Bonchev–Trinajstić information content (AvgIpc) is 3.09. The van der Waals surface area contributed by atoms with Crippen LogP contribution < -0.4 is 25.3 Å². The molecule has 2 aromatic carbocycles. The van der Waals surface area contributed by atoms with Crippen molar-refractivity contribution in [3.8, 4) is 17.2 Å². The topological polar surface area (TPSA) is 82.8 Å². The van der Waals surface area contributed by atoms with Crippen molar-refractivity contribution in [3.63, 3.8) is 0 Å². The zero-order valence-electron chi connectivity index (χ0n) is 14.2. The quantitative estimate of drug-likeness (QED) is 0.719. The summed E-state index contributed by atoms with van der Waals surface area (Å²) in [5, 5.41) is 3.24. The predicted molar refractivity (Wildman–Crippen MR) is 93.7 cm³/mol. The summed E-state index contributed by atoms with van der Waals surface area (Å²) in [4.78, 5) is 11.9. The third-order valence-electron chi connectivity index (χ3n) is 4.26. The van der Waals surface area contributed by atoms with Gasteiger partial charge in [0, 0.05) is 6.07 Å². The van der Waals surface area contributed by atoms with Crippen molar-refractivity contribution in [2.24, 2.45) is 5.73 Å². The molecule has 3 N–H and O–H groups in total. The van der Waals surface area contributed by atoms with Gasteiger partial charge in [-0.05, 0) is 37.6 Å². The molecule has 1 heterocycles. The fourth-order valence-electron chi connectivity index (χ4n) is 2.67. The average molecular weight is 342 g/mol. The first-order valence-electron chi connectivity index (χ1n) is 8.22. The van der Waals surface area contributed by atoms with Crippen LogP contribution in [0.2, 0.25) is 0 Å². The number of hydrogen-bond acceptors (Lipinski definition) is 5. The normalized spacial score (nSPS) is 14.8. The molecular weight excluding hydrogens is 320 g/mol. The highest BCUT2D eigenvalue weighted by Gasteiger charge is 2.32. The van der Waals surface area contributed by atoms with E-state index in [0.717, 1.165) is 23.5 Å². The van der Waals surface area contributed by atoms with Crippen LogP contribution in [-0.2, 0) is 10.3 Å². The predicted octanol–water partition coefficient (Wildman–Crippen LogP) is 2.17. The number of hydrogen-bond donors (Lipinski definition) is 2. The summed E-state index contributed by atoms with van der Waals surface area (Å²) < 4.78 is 16.3. The van der Waals surface area contributed by atoms with E-state index in [1.165, 1.54) is 0 Å². The summed E-state index contributed by atoms with van der Waals surface area (Å²) in [7, 11) is 0. The van der Waals surface area contributed by atoms with E-state index in [1.807, 2.05) is 48.5 Å². The van der Waals surface area contributed by atoms with Crippen LogP contribution in [0.25, 0.3) is 0 Å². The molecule has 0 aliphatic carbocycles. The number of fused-ring (bicyclic) bond motifs is 1. The van der Waals surface area contributed by atoms with Gasteiger partial charge >= 0.3 is 0 Å². The highest BCUT2D eigenvalue weighted by Crippen LogP contribution is 2.35. The first-order valence-corrected chi connectivity index (χ1v) is 8.22. The van der Waals surface area contributed by atoms with Gasteiger partial charge in [0.05, 0.1) is 6.61 Å². The number of benzene rings is 2. The van der Waals surface area contributed by atoms with Gasteiger partial charge in [-0.3, -0.25) is 10.1 Å². The van der Waals surface area contributed by atoms with Crippen molar-refractivity contribution >= 4 is 5.91 Å². The molecule has 0 radical (unpaired) electrons. The van der Waals surface area contributed by atoms with Crippen LogP contribution in [0.1, 0.15) is 18.9 Å². The first-order chi connectivity index (χ1) is 12.1. The van der Waals surface area contributed by atoms with Crippen LogP contribution in [-0.4, -0.2) is 25.9 Å². The number of amides is 1. The molecule has 0 bridgehead atoms. The van der Waals surface area contributed by atoms with Gasteiger partial charge in [0.15, 0.2) is 11.5 Å². The minimum atomic E-state index is -0.903. The molecule has 0 saturated heterocycles. The number of nitrogens with two attached hydrogens (primary N) is 1. The van der Waals surface area contributed by atoms with E-state index in [0.29, 0.717) is 18.9 Å². The summed E-state index contributed by atoms with van der Waals surface area (Å²) >= 11 is 0. The number of ether oxygens (including phenoxy) is 3. The Kier molecular flexibility index (Phi) is 5.09. The molecule has 0 fully saturated rings. The Morgan fingerprint density at radius 1 is 1.20 bits per heavy atom. The van der Waals surface area contributed by atoms with Gasteiger partial charge in [0.25, 0.3) is 0 Å². The Labute approximate surface area is 146 Å². The maximum absolute atomic E-state index is 11.9. The second-order valence-electron chi connectivity index (χ2n) is 6.00. The lowest BCUT2D eigenvalue weighted by Gasteiger charge is -2.28. The molecule has 1 aliphatic rings. The SMILES string of the molecule is C[C@](NCCCOc1ccc2c(c1)OCO2)(C(N)=O)c1ccccc1.